The maximum atomic E-state index is 12.8. The van der Waals surface area contributed by atoms with Crippen LogP contribution in [-0.4, -0.2) is 18.8 Å². The smallest absolute Gasteiger partial charge is 0.160 e. The summed E-state index contributed by atoms with van der Waals surface area (Å²) in [7, 11) is 1.60. The summed E-state index contributed by atoms with van der Waals surface area (Å²) in [6.45, 7) is -0.235. The zero-order chi connectivity index (χ0) is 10.7. The minimum atomic E-state index is -0.994. The lowest BCUT2D eigenvalue weighted by Gasteiger charge is -2.15. The molecule has 0 saturated carbocycles. The Morgan fingerprint density at radius 3 is 2.50 bits per heavy atom. The third-order valence-corrected chi connectivity index (χ3v) is 2.27. The molecule has 2 N–H and O–H groups in total. The van der Waals surface area contributed by atoms with Gasteiger partial charge in [0.15, 0.2) is 11.6 Å². The summed E-state index contributed by atoms with van der Waals surface area (Å²) in [5.41, 5.74) is 0.343. The van der Waals surface area contributed by atoms with Crippen LogP contribution in [-0.2, 0) is 0 Å². The van der Waals surface area contributed by atoms with Gasteiger partial charge in [-0.3, -0.25) is 0 Å². The second-order valence-corrected chi connectivity index (χ2v) is 3.22. The largest absolute Gasteiger partial charge is 0.394 e. The second-order valence-electron chi connectivity index (χ2n) is 2.81. The zero-order valence-corrected chi connectivity index (χ0v) is 8.28. The summed E-state index contributed by atoms with van der Waals surface area (Å²) in [4.78, 5) is 0. The molecule has 5 heteroatoms. The lowest BCUT2D eigenvalue weighted by Crippen LogP contribution is -2.20. The number of hydrogen-bond acceptors (Lipinski definition) is 2. The highest BCUT2D eigenvalue weighted by Crippen LogP contribution is 2.25. The maximum absolute atomic E-state index is 12.8. The van der Waals surface area contributed by atoms with Gasteiger partial charge >= 0.3 is 0 Å². The first-order valence-corrected chi connectivity index (χ1v) is 4.40. The molecule has 0 aliphatic rings. The molecule has 78 valence electrons. The van der Waals surface area contributed by atoms with Crippen LogP contribution in [0.4, 0.5) is 8.78 Å². The Kier molecular flexibility index (Phi) is 3.80. The molecule has 1 aromatic rings. The topological polar surface area (TPSA) is 32.3 Å². The number of halogens is 3. The van der Waals surface area contributed by atoms with Crippen molar-refractivity contribution in [3.05, 3.63) is 34.4 Å². The van der Waals surface area contributed by atoms with Crippen molar-refractivity contribution in [3.8, 4) is 0 Å². The highest BCUT2D eigenvalue weighted by Gasteiger charge is 2.15. The van der Waals surface area contributed by atoms with Crippen LogP contribution < -0.4 is 5.32 Å². The van der Waals surface area contributed by atoms with Crippen LogP contribution in [0.3, 0.4) is 0 Å². The Bertz CT molecular complexity index is 329. The highest BCUT2D eigenvalue weighted by atomic mass is 35.5. The van der Waals surface area contributed by atoms with Crippen molar-refractivity contribution in [2.45, 2.75) is 6.04 Å². The molecule has 14 heavy (non-hydrogen) atoms. The van der Waals surface area contributed by atoms with Gasteiger partial charge in [0.2, 0.25) is 0 Å². The average molecular weight is 222 g/mol. The van der Waals surface area contributed by atoms with Crippen LogP contribution in [0.1, 0.15) is 11.6 Å². The van der Waals surface area contributed by atoms with Crippen LogP contribution in [0.5, 0.6) is 0 Å². The lowest BCUT2D eigenvalue weighted by molar-refractivity contribution is 0.250. The monoisotopic (exact) mass is 221 g/mol. The van der Waals surface area contributed by atoms with Crippen LogP contribution in [0.2, 0.25) is 5.02 Å². The molecule has 0 amide bonds. The molecule has 1 rings (SSSR count). The van der Waals surface area contributed by atoms with Crippen molar-refractivity contribution in [2.24, 2.45) is 0 Å². The number of nitrogens with one attached hydrogen (secondary N) is 1. The molecular formula is C9H10ClF2NO. The minimum absolute atomic E-state index is 0.0947. The van der Waals surface area contributed by atoms with Crippen molar-refractivity contribution in [3.63, 3.8) is 0 Å². The second kappa shape index (κ2) is 4.68. The number of rotatable bonds is 3. The van der Waals surface area contributed by atoms with Gasteiger partial charge in [0, 0.05) is 5.02 Å². The fourth-order valence-corrected chi connectivity index (χ4v) is 1.43. The Hall–Kier alpha value is -0.710. The number of aliphatic hydroxyl groups is 1. The van der Waals surface area contributed by atoms with Crippen LogP contribution in [0.25, 0.3) is 0 Å². The van der Waals surface area contributed by atoms with Gasteiger partial charge < -0.3 is 10.4 Å². The maximum Gasteiger partial charge on any atom is 0.160 e. The van der Waals surface area contributed by atoms with Gasteiger partial charge in [-0.05, 0) is 24.7 Å². The van der Waals surface area contributed by atoms with Gasteiger partial charge in [0.1, 0.15) is 0 Å². The minimum Gasteiger partial charge on any atom is -0.394 e. The molecule has 0 fully saturated rings. The predicted molar refractivity (Wildman–Crippen MR) is 50.3 cm³/mol. The highest BCUT2D eigenvalue weighted by molar-refractivity contribution is 6.31. The third-order valence-electron chi connectivity index (χ3n) is 1.95. The summed E-state index contributed by atoms with van der Waals surface area (Å²) < 4.78 is 25.5. The quantitative estimate of drug-likeness (QED) is 0.764. The van der Waals surface area contributed by atoms with E-state index in [-0.39, 0.29) is 11.6 Å². The van der Waals surface area contributed by atoms with Gasteiger partial charge in [-0.2, -0.15) is 0 Å². The molecule has 1 unspecified atom stereocenters. The number of likely N-dealkylation sites (N-methyl/N-ethyl adjacent to an activating group) is 1. The molecule has 0 saturated heterocycles. The molecule has 0 spiro atoms. The van der Waals surface area contributed by atoms with Crippen LogP contribution in [0, 0.1) is 11.6 Å². The number of benzene rings is 1. The van der Waals surface area contributed by atoms with E-state index >= 15 is 0 Å². The van der Waals surface area contributed by atoms with Gasteiger partial charge in [0.25, 0.3) is 0 Å². The van der Waals surface area contributed by atoms with Gasteiger partial charge in [0.05, 0.1) is 12.6 Å². The van der Waals surface area contributed by atoms with E-state index in [0.717, 1.165) is 12.1 Å². The van der Waals surface area contributed by atoms with Gasteiger partial charge in [-0.1, -0.05) is 11.6 Å². The molecule has 1 aromatic carbocycles. The number of aliphatic hydroxyl groups excluding tert-OH is 1. The molecule has 0 aromatic heterocycles. The molecular weight excluding hydrogens is 212 g/mol. The Morgan fingerprint density at radius 2 is 2.00 bits per heavy atom. The average Bonchev–Trinajstić information content (AvgIpc) is 2.15. The molecule has 0 radical (unpaired) electrons. The van der Waals surface area contributed by atoms with Gasteiger partial charge in [-0.25, -0.2) is 8.78 Å². The fraction of sp³-hybridized carbons (Fsp3) is 0.333. The first kappa shape index (κ1) is 11.4. The Morgan fingerprint density at radius 1 is 1.43 bits per heavy atom. The van der Waals surface area contributed by atoms with E-state index in [1.807, 2.05) is 0 Å². The van der Waals surface area contributed by atoms with Crippen LogP contribution >= 0.6 is 11.6 Å². The van der Waals surface area contributed by atoms with Crippen molar-refractivity contribution in [1.82, 2.24) is 5.32 Å². The van der Waals surface area contributed by atoms with Crippen molar-refractivity contribution in [2.75, 3.05) is 13.7 Å². The van der Waals surface area contributed by atoms with E-state index in [1.165, 1.54) is 0 Å². The summed E-state index contributed by atoms with van der Waals surface area (Å²) in [5.74, 6) is -1.97. The van der Waals surface area contributed by atoms with Crippen LogP contribution in [0.15, 0.2) is 12.1 Å². The molecule has 0 heterocycles. The van der Waals surface area contributed by atoms with Crippen molar-refractivity contribution < 1.29 is 13.9 Å². The van der Waals surface area contributed by atoms with E-state index in [0.29, 0.717) is 5.56 Å². The van der Waals surface area contributed by atoms with Crippen molar-refractivity contribution >= 4 is 11.6 Å². The van der Waals surface area contributed by atoms with Crippen molar-refractivity contribution in [1.29, 1.82) is 0 Å². The van der Waals surface area contributed by atoms with E-state index in [4.69, 9.17) is 16.7 Å². The summed E-state index contributed by atoms with van der Waals surface area (Å²) in [6.07, 6.45) is 0. The summed E-state index contributed by atoms with van der Waals surface area (Å²) >= 11 is 5.70. The molecule has 0 bridgehead atoms. The third kappa shape index (κ3) is 2.20. The normalized spacial score (nSPS) is 12.9. The Labute approximate surface area is 85.5 Å². The molecule has 1 atom stereocenters. The zero-order valence-electron chi connectivity index (χ0n) is 7.52. The Balaban J connectivity index is 3.14. The molecule has 0 aliphatic heterocycles. The SMILES string of the molecule is CNC(CO)c1cc(F)c(F)cc1Cl. The molecule has 0 aliphatic carbocycles. The van der Waals surface area contributed by atoms with Gasteiger partial charge in [-0.15, -0.1) is 0 Å². The lowest BCUT2D eigenvalue weighted by atomic mass is 10.1. The number of hydrogen-bond donors (Lipinski definition) is 2. The summed E-state index contributed by atoms with van der Waals surface area (Å²) in [6, 6.07) is 1.39. The first-order valence-electron chi connectivity index (χ1n) is 4.02. The summed E-state index contributed by atoms with van der Waals surface area (Å²) in [5, 5.41) is 11.8. The van der Waals surface area contributed by atoms with E-state index in [9.17, 15) is 8.78 Å². The first-order chi connectivity index (χ1) is 6.60. The fourth-order valence-electron chi connectivity index (χ4n) is 1.15. The molecule has 2 nitrogen and oxygen atoms in total. The van der Waals surface area contributed by atoms with E-state index in [2.05, 4.69) is 5.32 Å². The predicted octanol–water partition coefficient (Wildman–Crippen LogP) is 1.87. The van der Waals surface area contributed by atoms with E-state index in [1.54, 1.807) is 7.05 Å². The standard InChI is InChI=1S/C9H10ClF2NO/c1-13-9(4-14)5-2-7(11)8(12)3-6(5)10/h2-3,9,13-14H,4H2,1H3. The van der Waals surface area contributed by atoms with E-state index < -0.39 is 17.7 Å².